The van der Waals surface area contributed by atoms with Gasteiger partial charge < -0.3 is 9.84 Å². The average Bonchev–Trinajstić information content (AvgIpc) is 3.22. The molecule has 0 spiro atoms. The summed E-state index contributed by atoms with van der Waals surface area (Å²) in [5.41, 5.74) is 0.719. The van der Waals surface area contributed by atoms with Gasteiger partial charge in [-0.2, -0.15) is 4.98 Å². The second-order valence-corrected chi connectivity index (χ2v) is 5.84. The fourth-order valence-corrected chi connectivity index (χ4v) is 2.67. The van der Waals surface area contributed by atoms with Crippen LogP contribution in [-0.2, 0) is 17.8 Å². The van der Waals surface area contributed by atoms with Crippen LogP contribution < -0.4 is 5.32 Å². The number of carbonyl (C=O) groups excluding carboxylic acids is 1. The summed E-state index contributed by atoms with van der Waals surface area (Å²) < 4.78 is 18.2. The quantitative estimate of drug-likeness (QED) is 0.753. The van der Waals surface area contributed by atoms with Crippen molar-refractivity contribution in [1.82, 2.24) is 15.5 Å². The summed E-state index contributed by atoms with van der Waals surface area (Å²) in [6, 6.07) is 9.95. The number of rotatable bonds is 6. The van der Waals surface area contributed by atoms with E-state index in [1.54, 1.807) is 12.1 Å². The van der Waals surface area contributed by atoms with Gasteiger partial charge in [-0.15, -0.1) is 11.3 Å². The lowest BCUT2D eigenvalue weighted by atomic mass is 10.2. The highest BCUT2D eigenvalue weighted by Crippen LogP contribution is 2.21. The van der Waals surface area contributed by atoms with Gasteiger partial charge in [-0.05, 0) is 29.1 Å². The van der Waals surface area contributed by atoms with Crippen molar-refractivity contribution in [2.24, 2.45) is 0 Å². The Bertz CT molecular complexity index is 786. The van der Waals surface area contributed by atoms with E-state index in [4.69, 9.17) is 4.52 Å². The standard InChI is InChI=1S/C16H14FN3O2S/c17-12-4-1-3-11(9-12)10-18-14(21)6-7-15-19-16(20-22-15)13-5-2-8-23-13/h1-5,8-9H,6-7,10H2,(H,18,21). The maximum Gasteiger partial charge on any atom is 0.227 e. The van der Waals surface area contributed by atoms with Crippen LogP contribution in [0.3, 0.4) is 0 Å². The largest absolute Gasteiger partial charge is 0.352 e. The Labute approximate surface area is 136 Å². The highest BCUT2D eigenvalue weighted by Gasteiger charge is 2.11. The first-order valence-electron chi connectivity index (χ1n) is 7.08. The highest BCUT2D eigenvalue weighted by atomic mass is 32.1. The van der Waals surface area contributed by atoms with Crippen LogP contribution in [0, 0.1) is 5.82 Å². The van der Waals surface area contributed by atoms with Crippen molar-refractivity contribution < 1.29 is 13.7 Å². The van der Waals surface area contributed by atoms with Crippen molar-refractivity contribution in [2.45, 2.75) is 19.4 Å². The van der Waals surface area contributed by atoms with Gasteiger partial charge in [-0.3, -0.25) is 4.79 Å². The van der Waals surface area contributed by atoms with Crippen molar-refractivity contribution in [3.8, 4) is 10.7 Å². The number of nitrogens with one attached hydrogen (secondary N) is 1. The molecule has 2 heterocycles. The van der Waals surface area contributed by atoms with E-state index in [1.807, 2.05) is 17.5 Å². The molecule has 0 saturated heterocycles. The third-order valence-corrected chi connectivity index (χ3v) is 4.02. The second-order valence-electron chi connectivity index (χ2n) is 4.90. The summed E-state index contributed by atoms with van der Waals surface area (Å²) in [6.45, 7) is 0.293. The number of aryl methyl sites for hydroxylation is 1. The molecular formula is C16H14FN3O2S. The zero-order valence-electron chi connectivity index (χ0n) is 12.2. The van der Waals surface area contributed by atoms with E-state index in [-0.39, 0.29) is 18.1 Å². The molecule has 2 aromatic heterocycles. The fourth-order valence-electron chi connectivity index (χ4n) is 2.02. The molecule has 0 saturated carbocycles. The Morgan fingerprint density at radius 3 is 3.00 bits per heavy atom. The van der Waals surface area contributed by atoms with Gasteiger partial charge in [-0.25, -0.2) is 4.39 Å². The number of halogens is 1. The van der Waals surface area contributed by atoms with Gasteiger partial charge in [-0.1, -0.05) is 23.4 Å². The molecule has 0 bridgehead atoms. The van der Waals surface area contributed by atoms with E-state index < -0.39 is 0 Å². The Morgan fingerprint density at radius 2 is 2.22 bits per heavy atom. The molecule has 0 atom stereocenters. The molecule has 0 fully saturated rings. The minimum Gasteiger partial charge on any atom is -0.352 e. The topological polar surface area (TPSA) is 68.0 Å². The molecule has 1 aromatic carbocycles. The molecule has 118 valence electrons. The molecule has 1 amide bonds. The van der Waals surface area contributed by atoms with Crippen molar-refractivity contribution in [1.29, 1.82) is 0 Å². The fraction of sp³-hybridized carbons (Fsp3) is 0.188. The summed E-state index contributed by atoms with van der Waals surface area (Å²) >= 11 is 1.53. The van der Waals surface area contributed by atoms with Crippen LogP contribution in [0.5, 0.6) is 0 Å². The van der Waals surface area contributed by atoms with Crippen molar-refractivity contribution in [2.75, 3.05) is 0 Å². The van der Waals surface area contributed by atoms with Gasteiger partial charge in [0, 0.05) is 19.4 Å². The third kappa shape index (κ3) is 4.23. The van der Waals surface area contributed by atoms with Gasteiger partial charge in [0.1, 0.15) is 5.82 Å². The predicted molar refractivity (Wildman–Crippen MR) is 84.2 cm³/mol. The second kappa shape index (κ2) is 7.15. The van der Waals surface area contributed by atoms with E-state index in [9.17, 15) is 9.18 Å². The Hall–Kier alpha value is -2.54. The van der Waals surface area contributed by atoms with E-state index in [2.05, 4.69) is 15.5 Å². The van der Waals surface area contributed by atoms with Gasteiger partial charge in [0.15, 0.2) is 0 Å². The van der Waals surface area contributed by atoms with E-state index in [1.165, 1.54) is 23.5 Å². The predicted octanol–water partition coefficient (Wildman–Crippen LogP) is 3.19. The Kier molecular flexibility index (Phi) is 4.77. The lowest BCUT2D eigenvalue weighted by Crippen LogP contribution is -2.23. The zero-order chi connectivity index (χ0) is 16.1. The van der Waals surface area contributed by atoms with Gasteiger partial charge in [0.05, 0.1) is 4.88 Å². The number of hydrogen-bond acceptors (Lipinski definition) is 5. The zero-order valence-corrected chi connectivity index (χ0v) is 13.0. The average molecular weight is 331 g/mol. The molecule has 7 heteroatoms. The van der Waals surface area contributed by atoms with Crippen molar-refractivity contribution in [3.05, 3.63) is 59.0 Å². The summed E-state index contributed by atoms with van der Waals surface area (Å²) in [4.78, 5) is 17.0. The van der Waals surface area contributed by atoms with Crippen molar-refractivity contribution >= 4 is 17.2 Å². The molecule has 5 nitrogen and oxygen atoms in total. The molecule has 3 aromatic rings. The van der Waals surface area contributed by atoms with Crippen LogP contribution in [0.1, 0.15) is 17.9 Å². The number of benzene rings is 1. The first kappa shape index (κ1) is 15.4. The summed E-state index contributed by atoms with van der Waals surface area (Å²) in [6.07, 6.45) is 0.606. The number of carbonyl (C=O) groups is 1. The first-order chi connectivity index (χ1) is 11.2. The van der Waals surface area contributed by atoms with E-state index in [0.29, 0.717) is 24.7 Å². The summed E-state index contributed by atoms with van der Waals surface area (Å²) in [5.74, 6) is 0.498. The van der Waals surface area contributed by atoms with Crippen LogP contribution >= 0.6 is 11.3 Å². The minimum absolute atomic E-state index is 0.148. The number of nitrogens with zero attached hydrogens (tertiary/aromatic N) is 2. The maximum atomic E-state index is 13.0. The highest BCUT2D eigenvalue weighted by molar-refractivity contribution is 7.13. The van der Waals surface area contributed by atoms with Crippen LogP contribution in [0.2, 0.25) is 0 Å². The van der Waals surface area contributed by atoms with Crippen LogP contribution in [-0.4, -0.2) is 16.0 Å². The number of thiophene rings is 1. The van der Waals surface area contributed by atoms with Crippen LogP contribution in [0.15, 0.2) is 46.3 Å². The Balaban J connectivity index is 1.47. The number of aromatic nitrogens is 2. The van der Waals surface area contributed by atoms with Crippen LogP contribution in [0.25, 0.3) is 10.7 Å². The molecule has 0 aliphatic heterocycles. The van der Waals surface area contributed by atoms with E-state index in [0.717, 1.165) is 10.4 Å². The first-order valence-corrected chi connectivity index (χ1v) is 7.96. The van der Waals surface area contributed by atoms with Crippen LogP contribution in [0.4, 0.5) is 4.39 Å². The molecule has 3 rings (SSSR count). The molecule has 23 heavy (non-hydrogen) atoms. The molecule has 0 aliphatic carbocycles. The van der Waals surface area contributed by atoms with E-state index >= 15 is 0 Å². The molecule has 0 unspecified atom stereocenters. The number of hydrogen-bond donors (Lipinski definition) is 1. The van der Waals surface area contributed by atoms with Crippen molar-refractivity contribution in [3.63, 3.8) is 0 Å². The van der Waals surface area contributed by atoms with Gasteiger partial charge in [0.25, 0.3) is 0 Å². The molecule has 0 radical (unpaired) electrons. The summed E-state index contributed by atoms with van der Waals surface area (Å²) in [7, 11) is 0. The minimum atomic E-state index is -0.316. The van der Waals surface area contributed by atoms with Gasteiger partial charge >= 0.3 is 0 Å². The monoisotopic (exact) mass is 331 g/mol. The Morgan fingerprint density at radius 1 is 1.30 bits per heavy atom. The normalized spacial score (nSPS) is 10.7. The lowest BCUT2D eigenvalue weighted by molar-refractivity contribution is -0.121. The molecule has 0 aliphatic rings. The smallest absolute Gasteiger partial charge is 0.227 e. The third-order valence-electron chi connectivity index (χ3n) is 3.15. The number of amides is 1. The lowest BCUT2D eigenvalue weighted by Gasteiger charge is -2.04. The summed E-state index contributed by atoms with van der Waals surface area (Å²) in [5, 5.41) is 8.56. The molecular weight excluding hydrogens is 317 g/mol. The molecule has 1 N–H and O–H groups in total. The SMILES string of the molecule is O=C(CCc1nc(-c2cccs2)no1)NCc1cccc(F)c1. The van der Waals surface area contributed by atoms with Gasteiger partial charge in [0.2, 0.25) is 17.6 Å². The maximum absolute atomic E-state index is 13.0.